The van der Waals surface area contributed by atoms with E-state index in [1.165, 1.54) is 0 Å². The lowest BCUT2D eigenvalue weighted by molar-refractivity contribution is 1.52. The molecule has 0 unspecified atom stereocenters. The Hall–Kier alpha value is -0.845. The fraction of sp³-hybridized carbons (Fsp3) is 0.273. The van der Waals surface area contributed by atoms with Crippen LogP contribution in [0.1, 0.15) is 25.5 Å². The molecule has 1 rings (SSSR count). The van der Waals surface area contributed by atoms with E-state index in [0.717, 1.165) is 22.1 Å². The van der Waals surface area contributed by atoms with Gasteiger partial charge in [-0.2, -0.15) is 0 Å². The zero-order valence-corrected chi connectivity index (χ0v) is 8.04. The van der Waals surface area contributed by atoms with Crippen molar-refractivity contribution in [2.24, 2.45) is 0 Å². The molecular weight excluding hydrogens is 165 g/mol. The first-order chi connectivity index (χ1) is 6.20. The Bertz CT molecular complexity index is 330. The monoisotopic (exact) mass is 179 g/mol. The molecule has 0 atom stereocenters. The summed E-state index contributed by atoms with van der Waals surface area (Å²) in [6.45, 7) is 3.94. The van der Waals surface area contributed by atoms with Crippen molar-refractivity contribution in [3.05, 3.63) is 29.3 Å². The molecule has 0 bridgehead atoms. The molecule has 0 aromatic heterocycles. The van der Waals surface area contributed by atoms with Gasteiger partial charge in [0.2, 0.25) is 0 Å². The van der Waals surface area contributed by atoms with Crippen LogP contribution in [0.15, 0.2) is 18.2 Å². The Morgan fingerprint density at radius 3 is 2.50 bits per heavy atom. The molecule has 3 heteroatoms. The second-order valence-electron chi connectivity index (χ2n) is 2.97. The summed E-state index contributed by atoms with van der Waals surface area (Å²) in [5, 5.41) is 0. The molecule has 14 heavy (non-hydrogen) atoms. The van der Waals surface area contributed by atoms with Crippen LogP contribution in [0.25, 0.3) is 6.08 Å². The Kier molecular flexibility index (Phi) is 5.45. The average Bonchev–Trinajstić information content (AvgIpc) is 2.12. The summed E-state index contributed by atoms with van der Waals surface area (Å²) < 4.78 is 0. The lowest BCUT2D eigenvalue weighted by Gasteiger charge is -2.11. The van der Waals surface area contributed by atoms with Crippen LogP contribution in [-0.2, 0) is 0 Å². The van der Waals surface area contributed by atoms with Crippen LogP contribution in [0.3, 0.4) is 0 Å². The van der Waals surface area contributed by atoms with Crippen LogP contribution in [0.2, 0.25) is 0 Å². The fourth-order valence-electron chi connectivity index (χ4n) is 1.27. The Morgan fingerprint density at radius 2 is 2.00 bits per heavy atom. The quantitative estimate of drug-likeness (QED) is 0.590. The SMILES string of the molecule is C.[B][B]c1c(/C=C/C)ccc(C)c1[B]. The molecule has 0 aliphatic heterocycles. The van der Waals surface area contributed by atoms with Crippen LogP contribution in [-0.4, -0.2) is 22.8 Å². The van der Waals surface area contributed by atoms with Crippen molar-refractivity contribution in [1.29, 1.82) is 0 Å². The third-order valence-electron chi connectivity index (χ3n) is 2.05. The molecular formula is C11H14B3. The van der Waals surface area contributed by atoms with Crippen LogP contribution in [0.4, 0.5) is 0 Å². The van der Waals surface area contributed by atoms with E-state index in [0.29, 0.717) is 0 Å². The minimum atomic E-state index is 0. The summed E-state index contributed by atoms with van der Waals surface area (Å²) >= 11 is 0. The lowest BCUT2D eigenvalue weighted by atomic mass is 9.47. The van der Waals surface area contributed by atoms with E-state index in [1.54, 1.807) is 7.17 Å². The van der Waals surface area contributed by atoms with Crippen molar-refractivity contribution in [3.8, 4) is 0 Å². The number of benzene rings is 1. The second-order valence-corrected chi connectivity index (χ2v) is 2.97. The molecule has 0 N–H and O–H groups in total. The molecule has 0 saturated heterocycles. The third-order valence-corrected chi connectivity index (χ3v) is 2.05. The Labute approximate surface area is 90.8 Å². The first-order valence-electron chi connectivity index (χ1n) is 4.27. The van der Waals surface area contributed by atoms with Crippen LogP contribution in [0.5, 0.6) is 0 Å². The largest absolute Gasteiger partial charge is 0.113 e. The van der Waals surface area contributed by atoms with Crippen molar-refractivity contribution in [3.63, 3.8) is 0 Å². The summed E-state index contributed by atoms with van der Waals surface area (Å²) in [6, 6.07) is 4.02. The molecule has 0 fully saturated rings. The van der Waals surface area contributed by atoms with Gasteiger partial charge in [-0.25, -0.2) is 0 Å². The van der Waals surface area contributed by atoms with Gasteiger partial charge in [-0.15, -0.1) is 5.46 Å². The number of allylic oxidation sites excluding steroid dienone is 1. The zero-order valence-electron chi connectivity index (χ0n) is 8.04. The second kappa shape index (κ2) is 5.80. The minimum Gasteiger partial charge on any atom is -0.100 e. The highest BCUT2D eigenvalue weighted by atomic mass is 14.0. The molecule has 5 radical (unpaired) electrons. The van der Waals surface area contributed by atoms with E-state index < -0.39 is 0 Å². The summed E-state index contributed by atoms with van der Waals surface area (Å²) in [6.07, 6.45) is 3.96. The molecule has 0 heterocycles. The van der Waals surface area contributed by atoms with Crippen LogP contribution < -0.4 is 10.9 Å². The summed E-state index contributed by atoms with van der Waals surface area (Å²) in [4.78, 5) is 0. The van der Waals surface area contributed by atoms with Gasteiger partial charge in [0.1, 0.15) is 7.85 Å². The fourth-order valence-corrected chi connectivity index (χ4v) is 1.27. The van der Waals surface area contributed by atoms with E-state index in [1.807, 2.05) is 38.1 Å². The van der Waals surface area contributed by atoms with E-state index in [4.69, 9.17) is 15.6 Å². The summed E-state index contributed by atoms with van der Waals surface area (Å²) in [5.74, 6) is 0. The van der Waals surface area contributed by atoms with Gasteiger partial charge in [0.25, 0.3) is 0 Å². The van der Waals surface area contributed by atoms with Crippen LogP contribution >= 0.6 is 0 Å². The van der Waals surface area contributed by atoms with Gasteiger partial charge < -0.3 is 0 Å². The van der Waals surface area contributed by atoms with Gasteiger partial charge in [-0.1, -0.05) is 42.7 Å². The van der Waals surface area contributed by atoms with Crippen molar-refractivity contribution in [2.75, 3.05) is 0 Å². The highest BCUT2D eigenvalue weighted by Gasteiger charge is 2.02. The topological polar surface area (TPSA) is 0 Å². The van der Waals surface area contributed by atoms with E-state index in [2.05, 4.69) is 0 Å². The van der Waals surface area contributed by atoms with Gasteiger partial charge in [-0.05, 0) is 19.4 Å². The molecule has 0 aliphatic rings. The van der Waals surface area contributed by atoms with Gasteiger partial charge in [0, 0.05) is 7.74 Å². The van der Waals surface area contributed by atoms with Crippen molar-refractivity contribution >= 4 is 39.8 Å². The highest BCUT2D eigenvalue weighted by molar-refractivity contribution is 6.99. The molecule has 0 saturated carbocycles. The maximum absolute atomic E-state index is 5.88. The molecule has 0 aliphatic carbocycles. The normalized spacial score (nSPS) is 9.86. The Balaban J connectivity index is 0.00000169. The number of rotatable bonds is 2. The standard InChI is InChI=1S/C10H10B3.CH4/c1-3-4-8-6-5-7(2)9(11)10(8)13-12;/h3-6H,1-2H3;1H4/b4-3+;. The number of hydrogen-bond acceptors (Lipinski definition) is 0. The van der Waals surface area contributed by atoms with Crippen molar-refractivity contribution < 1.29 is 0 Å². The molecule has 0 spiro atoms. The first-order valence-corrected chi connectivity index (χ1v) is 4.27. The van der Waals surface area contributed by atoms with Gasteiger partial charge in [-0.3, -0.25) is 0 Å². The highest BCUT2D eigenvalue weighted by Crippen LogP contribution is 1.99. The maximum atomic E-state index is 5.88. The van der Waals surface area contributed by atoms with Gasteiger partial charge >= 0.3 is 0 Å². The maximum Gasteiger partial charge on any atom is 0.113 e. The molecule has 0 amide bonds. The molecule has 0 nitrogen and oxygen atoms in total. The minimum absolute atomic E-state index is 0. The summed E-state index contributed by atoms with van der Waals surface area (Å²) in [7, 11) is 12.9. The smallest absolute Gasteiger partial charge is 0.100 e. The Morgan fingerprint density at radius 1 is 1.36 bits per heavy atom. The van der Waals surface area contributed by atoms with Gasteiger partial charge in [0.05, 0.1) is 7.17 Å². The molecule has 1 aromatic carbocycles. The predicted molar refractivity (Wildman–Crippen MR) is 69.1 cm³/mol. The van der Waals surface area contributed by atoms with E-state index in [-0.39, 0.29) is 7.43 Å². The molecule has 67 valence electrons. The number of hydrogen-bond donors (Lipinski definition) is 0. The van der Waals surface area contributed by atoms with E-state index in [9.17, 15) is 0 Å². The van der Waals surface area contributed by atoms with Gasteiger partial charge in [0.15, 0.2) is 0 Å². The third kappa shape index (κ3) is 2.57. The first kappa shape index (κ1) is 13.2. The number of aryl methyl sites for hydroxylation is 1. The predicted octanol–water partition coefficient (Wildman–Crippen LogP) is 0.871. The van der Waals surface area contributed by atoms with E-state index >= 15 is 0 Å². The average molecular weight is 179 g/mol. The van der Waals surface area contributed by atoms with Crippen LogP contribution in [0, 0.1) is 6.92 Å². The van der Waals surface area contributed by atoms with Crippen molar-refractivity contribution in [2.45, 2.75) is 21.3 Å². The zero-order chi connectivity index (χ0) is 9.84. The van der Waals surface area contributed by atoms with Crippen molar-refractivity contribution in [1.82, 2.24) is 0 Å². The lowest BCUT2D eigenvalue weighted by Crippen LogP contribution is -2.35. The summed E-state index contributed by atoms with van der Waals surface area (Å²) in [5.41, 5.74) is 3.80. The molecule has 1 aromatic rings.